The molecule has 2 rings (SSSR count). The van der Waals surface area contributed by atoms with Gasteiger partial charge in [0, 0.05) is 6.26 Å². The molecule has 1 heterocycles. The second-order valence-electron chi connectivity index (χ2n) is 4.08. The fourth-order valence-corrected chi connectivity index (χ4v) is 5.40. The quantitative estimate of drug-likeness (QED) is 0.806. The zero-order valence-corrected chi connectivity index (χ0v) is 15.3. The standard InChI is InChI=1S/C11H9BrClNO4S3/c1-20(15,16)7-2-3-8(13)9(6-7)14-21(17,18)11-5-4-10(12)19-11/h2-6,14H,1H3. The molecule has 2 aromatic rings. The second-order valence-corrected chi connectivity index (χ2v) is 10.9. The highest BCUT2D eigenvalue weighted by atomic mass is 79.9. The molecule has 21 heavy (non-hydrogen) atoms. The van der Waals surface area contributed by atoms with Gasteiger partial charge in [0.05, 0.1) is 19.4 Å². The number of sulfone groups is 1. The summed E-state index contributed by atoms with van der Waals surface area (Å²) in [6.07, 6.45) is 1.03. The maximum absolute atomic E-state index is 12.2. The van der Waals surface area contributed by atoms with E-state index < -0.39 is 19.9 Å². The zero-order chi connectivity index (χ0) is 15.8. The highest BCUT2D eigenvalue weighted by Gasteiger charge is 2.19. The van der Waals surface area contributed by atoms with Crippen LogP contribution in [0, 0.1) is 0 Å². The first-order valence-corrected chi connectivity index (χ1v) is 10.7. The lowest BCUT2D eigenvalue weighted by Gasteiger charge is -2.09. The van der Waals surface area contributed by atoms with Crippen LogP contribution < -0.4 is 4.72 Å². The third-order valence-corrected chi connectivity index (χ3v) is 7.34. The van der Waals surface area contributed by atoms with E-state index in [1.54, 1.807) is 6.07 Å². The van der Waals surface area contributed by atoms with E-state index in [9.17, 15) is 16.8 Å². The van der Waals surface area contributed by atoms with E-state index in [1.807, 2.05) is 0 Å². The second kappa shape index (κ2) is 5.88. The van der Waals surface area contributed by atoms with Gasteiger partial charge in [0.15, 0.2) is 9.84 Å². The Hall–Kier alpha value is -0.610. The van der Waals surface area contributed by atoms with E-state index in [-0.39, 0.29) is 19.8 Å². The summed E-state index contributed by atoms with van der Waals surface area (Å²) in [5, 5.41) is 0.113. The van der Waals surface area contributed by atoms with Crippen molar-refractivity contribution in [1.82, 2.24) is 0 Å². The van der Waals surface area contributed by atoms with Crippen molar-refractivity contribution in [3.8, 4) is 0 Å². The number of hydrogen-bond acceptors (Lipinski definition) is 5. The Morgan fingerprint density at radius 2 is 1.81 bits per heavy atom. The summed E-state index contributed by atoms with van der Waals surface area (Å²) in [4.78, 5) is -0.0167. The van der Waals surface area contributed by atoms with Gasteiger partial charge in [0.2, 0.25) is 0 Å². The van der Waals surface area contributed by atoms with Crippen LogP contribution in [0.4, 0.5) is 5.69 Å². The van der Waals surface area contributed by atoms with E-state index in [1.165, 1.54) is 24.3 Å². The first-order valence-electron chi connectivity index (χ1n) is 5.37. The molecule has 0 atom stereocenters. The summed E-state index contributed by atoms with van der Waals surface area (Å²) < 4.78 is 50.5. The first kappa shape index (κ1) is 16.8. The molecule has 0 bridgehead atoms. The minimum Gasteiger partial charge on any atom is -0.277 e. The molecule has 0 saturated heterocycles. The minimum absolute atomic E-state index is 0.0167. The van der Waals surface area contributed by atoms with E-state index in [4.69, 9.17) is 11.6 Å². The van der Waals surface area contributed by atoms with Gasteiger partial charge in [-0.1, -0.05) is 11.6 Å². The summed E-state index contributed by atoms with van der Waals surface area (Å²) >= 11 is 10.1. The Kier molecular flexibility index (Phi) is 4.69. The zero-order valence-electron chi connectivity index (χ0n) is 10.5. The Morgan fingerprint density at radius 3 is 2.33 bits per heavy atom. The van der Waals surface area contributed by atoms with E-state index in [0.29, 0.717) is 3.79 Å². The van der Waals surface area contributed by atoms with Crippen molar-refractivity contribution < 1.29 is 16.8 Å². The minimum atomic E-state index is -3.82. The highest BCUT2D eigenvalue weighted by molar-refractivity contribution is 9.11. The molecule has 1 aromatic heterocycles. The smallest absolute Gasteiger partial charge is 0.271 e. The SMILES string of the molecule is CS(=O)(=O)c1ccc(Cl)c(NS(=O)(=O)c2ccc(Br)s2)c1. The van der Waals surface area contributed by atoms with Crippen molar-refractivity contribution in [2.24, 2.45) is 0 Å². The van der Waals surface area contributed by atoms with Gasteiger partial charge >= 0.3 is 0 Å². The molecule has 114 valence electrons. The van der Waals surface area contributed by atoms with Gasteiger partial charge in [-0.25, -0.2) is 16.8 Å². The van der Waals surface area contributed by atoms with Crippen molar-refractivity contribution >= 4 is 64.4 Å². The van der Waals surface area contributed by atoms with E-state index >= 15 is 0 Å². The topological polar surface area (TPSA) is 80.3 Å². The van der Waals surface area contributed by atoms with Gasteiger partial charge in [-0.15, -0.1) is 11.3 Å². The van der Waals surface area contributed by atoms with Crippen LogP contribution in [-0.4, -0.2) is 23.1 Å². The fourth-order valence-electron chi connectivity index (χ4n) is 1.45. The number of thiophene rings is 1. The molecule has 0 aliphatic heterocycles. The van der Waals surface area contributed by atoms with Gasteiger partial charge in [0.1, 0.15) is 4.21 Å². The monoisotopic (exact) mass is 429 g/mol. The lowest BCUT2D eigenvalue weighted by atomic mass is 10.3. The molecule has 0 saturated carbocycles. The van der Waals surface area contributed by atoms with Crippen LogP contribution in [0.25, 0.3) is 0 Å². The third kappa shape index (κ3) is 3.98. The largest absolute Gasteiger partial charge is 0.277 e. The molecule has 0 unspecified atom stereocenters. The van der Waals surface area contributed by atoms with Crippen LogP contribution in [0.15, 0.2) is 43.2 Å². The lowest BCUT2D eigenvalue weighted by Crippen LogP contribution is -2.12. The Bertz CT molecular complexity index is 890. The van der Waals surface area contributed by atoms with Crippen LogP contribution in [0.1, 0.15) is 0 Å². The van der Waals surface area contributed by atoms with Gasteiger partial charge in [0.25, 0.3) is 10.0 Å². The molecular weight excluding hydrogens is 422 g/mol. The molecular formula is C11H9BrClNO4S3. The van der Waals surface area contributed by atoms with Crippen LogP contribution in [0.3, 0.4) is 0 Å². The number of nitrogens with one attached hydrogen (secondary N) is 1. The number of hydrogen-bond donors (Lipinski definition) is 1. The summed E-state index contributed by atoms with van der Waals surface area (Å²) in [6.45, 7) is 0. The predicted octanol–water partition coefficient (Wildman–Crippen LogP) is 3.37. The number of halogens is 2. The summed E-state index contributed by atoms with van der Waals surface area (Å²) in [7, 11) is -7.27. The Labute approximate surface area is 140 Å². The van der Waals surface area contributed by atoms with Crippen LogP contribution in [0.5, 0.6) is 0 Å². The van der Waals surface area contributed by atoms with Crippen molar-refractivity contribution in [3.63, 3.8) is 0 Å². The predicted molar refractivity (Wildman–Crippen MR) is 87.4 cm³/mol. The molecule has 0 spiro atoms. The Balaban J connectivity index is 2.44. The van der Waals surface area contributed by atoms with Gasteiger partial charge < -0.3 is 0 Å². The normalized spacial score (nSPS) is 12.3. The summed E-state index contributed by atoms with van der Waals surface area (Å²) in [5.74, 6) is 0. The van der Waals surface area contributed by atoms with Gasteiger partial charge in [-0.2, -0.15) is 0 Å². The van der Waals surface area contributed by atoms with Crippen molar-refractivity contribution in [3.05, 3.63) is 39.1 Å². The summed E-state index contributed by atoms with van der Waals surface area (Å²) in [6, 6.07) is 6.88. The van der Waals surface area contributed by atoms with E-state index in [2.05, 4.69) is 20.7 Å². The van der Waals surface area contributed by atoms with Gasteiger partial charge in [-0.05, 0) is 46.3 Å². The number of sulfonamides is 1. The van der Waals surface area contributed by atoms with Crippen molar-refractivity contribution in [1.29, 1.82) is 0 Å². The molecule has 0 aliphatic carbocycles. The van der Waals surface area contributed by atoms with Gasteiger partial charge in [-0.3, -0.25) is 4.72 Å². The van der Waals surface area contributed by atoms with E-state index in [0.717, 1.165) is 17.6 Å². The van der Waals surface area contributed by atoms with Crippen LogP contribution in [-0.2, 0) is 19.9 Å². The molecule has 0 aliphatic rings. The molecule has 0 amide bonds. The highest BCUT2D eigenvalue weighted by Crippen LogP contribution is 2.31. The average molecular weight is 431 g/mol. The maximum atomic E-state index is 12.2. The van der Waals surface area contributed by atoms with Crippen LogP contribution in [0.2, 0.25) is 5.02 Å². The molecule has 0 fully saturated rings. The van der Waals surface area contributed by atoms with Crippen LogP contribution >= 0.6 is 38.9 Å². The first-order chi connectivity index (χ1) is 9.59. The van der Waals surface area contributed by atoms with Crippen molar-refractivity contribution in [2.45, 2.75) is 9.10 Å². The fraction of sp³-hybridized carbons (Fsp3) is 0.0909. The lowest BCUT2D eigenvalue weighted by molar-refractivity contribution is 0.600. The average Bonchev–Trinajstić information content (AvgIpc) is 2.78. The summed E-state index contributed by atoms with van der Waals surface area (Å²) in [5.41, 5.74) is 0.0177. The molecule has 1 aromatic carbocycles. The maximum Gasteiger partial charge on any atom is 0.271 e. The molecule has 10 heteroatoms. The molecule has 1 N–H and O–H groups in total. The number of anilines is 1. The molecule has 5 nitrogen and oxygen atoms in total. The number of rotatable bonds is 4. The Morgan fingerprint density at radius 1 is 1.14 bits per heavy atom. The molecule has 0 radical (unpaired) electrons. The number of benzene rings is 1. The third-order valence-electron chi connectivity index (χ3n) is 2.42. The van der Waals surface area contributed by atoms with Crippen molar-refractivity contribution in [2.75, 3.05) is 11.0 Å².